The maximum absolute atomic E-state index is 13.5. The summed E-state index contributed by atoms with van der Waals surface area (Å²) >= 11 is 0. The van der Waals surface area contributed by atoms with Crippen LogP contribution >= 0.6 is 0 Å². The predicted octanol–water partition coefficient (Wildman–Crippen LogP) is 4.22. The molecule has 214 valence electrons. The number of hydrogen-bond acceptors (Lipinski definition) is 7. The van der Waals surface area contributed by atoms with Crippen molar-refractivity contribution in [2.45, 2.75) is 52.8 Å². The van der Waals surface area contributed by atoms with E-state index in [4.69, 9.17) is 9.26 Å². The predicted molar refractivity (Wildman–Crippen MR) is 153 cm³/mol. The van der Waals surface area contributed by atoms with Crippen LogP contribution in [0.4, 0.5) is 16.2 Å². The molecule has 1 aliphatic rings. The van der Waals surface area contributed by atoms with Crippen molar-refractivity contribution >= 4 is 23.3 Å². The van der Waals surface area contributed by atoms with Crippen molar-refractivity contribution < 1.29 is 24.0 Å². The van der Waals surface area contributed by atoms with Crippen LogP contribution in [0.5, 0.6) is 5.75 Å². The highest BCUT2D eigenvalue weighted by Crippen LogP contribution is 2.29. The summed E-state index contributed by atoms with van der Waals surface area (Å²) in [5.41, 5.74) is 3.49. The van der Waals surface area contributed by atoms with E-state index in [0.29, 0.717) is 47.2 Å². The highest BCUT2D eigenvalue weighted by atomic mass is 16.5. The molecule has 3 amide bonds. The minimum atomic E-state index is -0.450. The molecule has 3 aromatic rings. The Morgan fingerprint density at radius 2 is 1.95 bits per heavy atom. The number of aliphatic hydroxyl groups excluding tert-OH is 1. The number of hydrogen-bond donors (Lipinski definition) is 3. The van der Waals surface area contributed by atoms with Gasteiger partial charge < -0.3 is 29.9 Å². The second-order valence-corrected chi connectivity index (χ2v) is 10.7. The fourth-order valence-corrected chi connectivity index (χ4v) is 4.93. The number of nitrogens with zero attached hydrogens (tertiary/aromatic N) is 3. The van der Waals surface area contributed by atoms with Crippen LogP contribution in [0, 0.1) is 19.8 Å². The third kappa shape index (κ3) is 7.19. The van der Waals surface area contributed by atoms with E-state index >= 15 is 0 Å². The smallest absolute Gasteiger partial charge is 0.323 e. The summed E-state index contributed by atoms with van der Waals surface area (Å²) in [6.07, 6.45) is -0.131. The van der Waals surface area contributed by atoms with Crippen LogP contribution in [-0.2, 0) is 17.8 Å². The van der Waals surface area contributed by atoms with Gasteiger partial charge in [0.1, 0.15) is 23.2 Å². The Balaban J connectivity index is 1.57. The van der Waals surface area contributed by atoms with Gasteiger partial charge in [0.25, 0.3) is 0 Å². The quantitative estimate of drug-likeness (QED) is 0.385. The van der Waals surface area contributed by atoms with Gasteiger partial charge in [0.15, 0.2) is 5.76 Å². The van der Waals surface area contributed by atoms with Crippen molar-refractivity contribution in [3.8, 4) is 5.75 Å². The zero-order chi connectivity index (χ0) is 28.8. The molecule has 0 saturated heterocycles. The molecule has 2 aromatic carbocycles. The van der Waals surface area contributed by atoms with E-state index < -0.39 is 6.03 Å². The van der Waals surface area contributed by atoms with Gasteiger partial charge in [-0.15, -0.1) is 0 Å². The molecule has 0 bridgehead atoms. The first kappa shape index (κ1) is 29.1. The highest BCUT2D eigenvalue weighted by molar-refractivity contribution is 6.00. The van der Waals surface area contributed by atoms with E-state index in [2.05, 4.69) is 46.8 Å². The Kier molecular flexibility index (Phi) is 9.44. The molecule has 0 radical (unpaired) electrons. The largest absolute Gasteiger partial charge is 0.488 e. The molecule has 0 fully saturated rings. The van der Waals surface area contributed by atoms with E-state index in [1.54, 1.807) is 36.9 Å². The number of nitrogens with one attached hydrogen (secondary N) is 2. The number of likely N-dealkylation sites (N-methyl/N-ethyl adjacent to an activating group) is 1. The number of carbonyl (C=O) groups is 2. The number of carbonyl (C=O) groups excluding carboxylic acids is 2. The Hall–Kier alpha value is -3.89. The fraction of sp³-hybridized carbons (Fsp3) is 0.433. The van der Waals surface area contributed by atoms with Crippen LogP contribution in [0.2, 0.25) is 0 Å². The van der Waals surface area contributed by atoms with Crippen molar-refractivity contribution in [3.05, 3.63) is 71.1 Å². The fourth-order valence-electron chi connectivity index (χ4n) is 4.93. The van der Waals surface area contributed by atoms with Gasteiger partial charge in [-0.25, -0.2) is 4.79 Å². The van der Waals surface area contributed by atoms with Crippen LogP contribution in [0.25, 0.3) is 0 Å². The number of anilines is 2. The third-order valence-electron chi connectivity index (χ3n) is 7.23. The zero-order valence-corrected chi connectivity index (χ0v) is 23.8. The van der Waals surface area contributed by atoms with Gasteiger partial charge in [0.2, 0.25) is 5.91 Å². The maximum atomic E-state index is 13.5. The average Bonchev–Trinajstić information content (AvgIpc) is 3.25. The van der Waals surface area contributed by atoms with E-state index in [9.17, 15) is 14.7 Å². The molecular weight excluding hydrogens is 510 g/mol. The van der Waals surface area contributed by atoms with Crippen molar-refractivity contribution in [2.24, 2.45) is 5.92 Å². The molecule has 1 aromatic heterocycles. The van der Waals surface area contributed by atoms with Crippen LogP contribution in [-0.4, -0.2) is 70.9 Å². The number of fused-ring (bicyclic) bond motifs is 1. The standard InChI is InChI=1S/C30H39N5O5/c1-19-15-35(20(2)18-36)28(37)14-24-13-25(31-30(38)32-29-21(3)33-40-22(29)4)11-12-26(24)39-27(19)17-34(5)16-23-9-7-6-8-10-23/h6-13,19-20,27,36H,14-18H2,1-5H3,(H2,31,32,38)/t19-,20+,27-/m1/s1. The Bertz CT molecular complexity index is 1290. The second kappa shape index (κ2) is 13.0. The van der Waals surface area contributed by atoms with Gasteiger partial charge in [-0.3, -0.25) is 9.69 Å². The lowest BCUT2D eigenvalue weighted by Crippen LogP contribution is -2.47. The SMILES string of the molecule is Cc1noc(C)c1NC(=O)Nc1ccc2c(c1)CC(=O)N([C@@H](C)CO)C[C@@H](C)[C@@H](CN(C)Cc1ccccc1)O2. The summed E-state index contributed by atoms with van der Waals surface area (Å²) < 4.78 is 11.7. The van der Waals surface area contributed by atoms with E-state index in [-0.39, 0.29) is 37.0 Å². The molecule has 0 spiro atoms. The van der Waals surface area contributed by atoms with Gasteiger partial charge in [-0.2, -0.15) is 0 Å². The molecule has 4 rings (SSSR count). The van der Waals surface area contributed by atoms with E-state index in [1.165, 1.54) is 5.56 Å². The number of urea groups is 1. The number of amides is 3. The number of rotatable bonds is 8. The van der Waals surface area contributed by atoms with Crippen molar-refractivity contribution in [1.29, 1.82) is 0 Å². The molecule has 3 N–H and O–H groups in total. The lowest BCUT2D eigenvalue weighted by molar-refractivity contribution is -0.134. The van der Waals surface area contributed by atoms with Gasteiger partial charge in [0.05, 0.1) is 19.1 Å². The third-order valence-corrected chi connectivity index (χ3v) is 7.23. The summed E-state index contributed by atoms with van der Waals surface area (Å²) in [6, 6.07) is 14.8. The Morgan fingerprint density at radius 1 is 1.20 bits per heavy atom. The minimum absolute atomic E-state index is 0.000696. The molecule has 10 nitrogen and oxygen atoms in total. The van der Waals surface area contributed by atoms with E-state index in [0.717, 1.165) is 6.54 Å². The molecule has 0 saturated carbocycles. The van der Waals surface area contributed by atoms with Gasteiger partial charge in [0, 0.05) is 36.8 Å². The lowest BCUT2D eigenvalue weighted by atomic mass is 10.0. The van der Waals surface area contributed by atoms with Gasteiger partial charge in [-0.05, 0) is 51.6 Å². The zero-order valence-electron chi connectivity index (χ0n) is 23.8. The number of aromatic nitrogens is 1. The summed E-state index contributed by atoms with van der Waals surface area (Å²) in [5.74, 6) is 1.01. The van der Waals surface area contributed by atoms with Crippen molar-refractivity contribution in [1.82, 2.24) is 15.0 Å². The van der Waals surface area contributed by atoms with Crippen molar-refractivity contribution in [2.75, 3.05) is 37.4 Å². The van der Waals surface area contributed by atoms with Crippen LogP contribution in [0.1, 0.15) is 36.4 Å². The number of aliphatic hydroxyl groups is 1. The van der Waals surface area contributed by atoms with Crippen molar-refractivity contribution in [3.63, 3.8) is 0 Å². The van der Waals surface area contributed by atoms with Crippen LogP contribution in [0.15, 0.2) is 53.1 Å². The molecule has 0 aliphatic carbocycles. The molecule has 40 heavy (non-hydrogen) atoms. The van der Waals surface area contributed by atoms with E-state index in [1.807, 2.05) is 25.1 Å². The average molecular weight is 550 g/mol. The first-order valence-corrected chi connectivity index (χ1v) is 13.6. The molecule has 3 atom stereocenters. The summed E-state index contributed by atoms with van der Waals surface area (Å²) in [6.45, 7) is 9.13. The van der Waals surface area contributed by atoms with Gasteiger partial charge >= 0.3 is 6.03 Å². The maximum Gasteiger partial charge on any atom is 0.323 e. The Labute approximate surface area is 235 Å². The van der Waals surface area contributed by atoms with Crippen LogP contribution < -0.4 is 15.4 Å². The topological polar surface area (TPSA) is 120 Å². The molecule has 2 heterocycles. The summed E-state index contributed by atoms with van der Waals surface area (Å²) in [5, 5.41) is 19.3. The molecule has 1 aliphatic heterocycles. The number of ether oxygens (including phenoxy) is 1. The summed E-state index contributed by atoms with van der Waals surface area (Å²) in [4.78, 5) is 30.1. The summed E-state index contributed by atoms with van der Waals surface area (Å²) in [7, 11) is 2.06. The first-order valence-electron chi connectivity index (χ1n) is 13.6. The molecule has 10 heteroatoms. The number of aryl methyl sites for hydroxylation is 2. The highest BCUT2D eigenvalue weighted by Gasteiger charge is 2.31. The molecular formula is C30H39N5O5. The lowest BCUT2D eigenvalue weighted by Gasteiger charge is -2.34. The van der Waals surface area contributed by atoms with Gasteiger partial charge in [-0.1, -0.05) is 42.4 Å². The minimum Gasteiger partial charge on any atom is -0.488 e. The molecule has 0 unspecified atom stereocenters. The first-order chi connectivity index (χ1) is 19.1. The monoisotopic (exact) mass is 549 g/mol. The Morgan fingerprint density at radius 3 is 2.62 bits per heavy atom. The normalized spacial score (nSPS) is 18.3. The number of benzene rings is 2. The van der Waals surface area contributed by atoms with Crippen LogP contribution in [0.3, 0.4) is 0 Å². The second-order valence-electron chi connectivity index (χ2n) is 10.7.